The molecule has 1 atom stereocenters. The highest BCUT2D eigenvalue weighted by molar-refractivity contribution is 5.82. The molecule has 1 amide bonds. The molecule has 11 heteroatoms. The number of hydrogen-bond donors (Lipinski definition) is 1. The molecule has 0 unspecified atom stereocenters. The van der Waals surface area contributed by atoms with Gasteiger partial charge in [-0.05, 0) is 31.2 Å². The first-order chi connectivity index (χ1) is 15.2. The number of hydrogen-bond acceptors (Lipinski definition) is 7. The van der Waals surface area contributed by atoms with Crippen molar-refractivity contribution in [3.63, 3.8) is 0 Å². The van der Waals surface area contributed by atoms with Crippen molar-refractivity contribution in [2.24, 2.45) is 0 Å². The van der Waals surface area contributed by atoms with Crippen molar-refractivity contribution in [1.29, 1.82) is 0 Å². The number of esters is 1. The van der Waals surface area contributed by atoms with Gasteiger partial charge in [0.15, 0.2) is 5.75 Å². The molecule has 1 saturated heterocycles. The predicted molar refractivity (Wildman–Crippen MR) is 109 cm³/mol. The number of pyridine rings is 1. The number of halogens is 3. The summed E-state index contributed by atoms with van der Waals surface area (Å²) < 4.78 is 45.9. The topological polar surface area (TPSA) is 84.0 Å². The third-order valence-electron chi connectivity index (χ3n) is 5.29. The summed E-state index contributed by atoms with van der Waals surface area (Å²) in [7, 11) is 0. The molecule has 1 aromatic carbocycles. The lowest BCUT2D eigenvalue weighted by molar-refractivity contribution is -0.274. The van der Waals surface area contributed by atoms with E-state index in [1.54, 1.807) is 29.3 Å². The number of piperazine rings is 1. The molecule has 1 aromatic heterocycles. The molecule has 0 radical (unpaired) electrons. The molecule has 2 aliphatic rings. The second-order valence-electron chi connectivity index (χ2n) is 7.60. The van der Waals surface area contributed by atoms with E-state index in [1.807, 2.05) is 11.8 Å². The maximum atomic E-state index is 12.6. The van der Waals surface area contributed by atoms with Crippen LogP contribution in [-0.4, -0.2) is 60.3 Å². The third-order valence-corrected chi connectivity index (χ3v) is 5.29. The molecular formula is C21H21F3N4O4. The first-order valence-electron chi connectivity index (χ1n) is 10.0. The number of nitrogens with one attached hydrogen (secondary N) is 1. The van der Waals surface area contributed by atoms with Gasteiger partial charge in [0, 0.05) is 37.4 Å². The molecule has 2 aromatic rings. The monoisotopic (exact) mass is 450 g/mol. The molecule has 2 aliphatic heterocycles. The Balaban J connectivity index is 1.30. The first kappa shape index (κ1) is 21.7. The smallest absolute Gasteiger partial charge is 0.424 e. The van der Waals surface area contributed by atoms with Crippen molar-refractivity contribution in [1.82, 2.24) is 9.88 Å². The molecule has 170 valence electrons. The van der Waals surface area contributed by atoms with E-state index in [-0.39, 0.29) is 36.6 Å². The summed E-state index contributed by atoms with van der Waals surface area (Å²) in [5.74, 6) is -0.316. The zero-order chi connectivity index (χ0) is 22.9. The molecule has 8 nitrogen and oxygen atoms in total. The number of rotatable bonds is 5. The number of nitrogens with zero attached hydrogens (tertiary/aromatic N) is 3. The second-order valence-corrected chi connectivity index (χ2v) is 7.60. The van der Waals surface area contributed by atoms with Gasteiger partial charge in [-0.2, -0.15) is 0 Å². The van der Waals surface area contributed by atoms with Crippen LogP contribution in [0.4, 0.5) is 24.5 Å². The van der Waals surface area contributed by atoms with Crippen LogP contribution in [0.5, 0.6) is 11.5 Å². The van der Waals surface area contributed by atoms with Crippen LogP contribution in [0.15, 0.2) is 36.5 Å². The highest BCUT2D eigenvalue weighted by atomic mass is 19.4. The van der Waals surface area contributed by atoms with Crippen molar-refractivity contribution < 1.29 is 32.2 Å². The van der Waals surface area contributed by atoms with Crippen molar-refractivity contribution in [3.8, 4) is 11.5 Å². The summed E-state index contributed by atoms with van der Waals surface area (Å²) in [4.78, 5) is 31.9. The molecule has 0 aliphatic carbocycles. The quantitative estimate of drug-likeness (QED) is 0.701. The average Bonchev–Trinajstić information content (AvgIpc) is 3.11. The normalized spacial score (nSPS) is 18.2. The minimum absolute atomic E-state index is 0.0249. The summed E-state index contributed by atoms with van der Waals surface area (Å²) in [6, 6.07) is 7.32. The van der Waals surface area contributed by atoms with Crippen LogP contribution in [0.3, 0.4) is 0 Å². The van der Waals surface area contributed by atoms with E-state index in [0.717, 1.165) is 5.69 Å². The van der Waals surface area contributed by atoms with Gasteiger partial charge in [0.1, 0.15) is 5.75 Å². The molecule has 4 rings (SSSR count). The minimum atomic E-state index is -4.73. The van der Waals surface area contributed by atoms with Crippen molar-refractivity contribution in [3.05, 3.63) is 42.2 Å². The lowest BCUT2D eigenvalue weighted by Crippen LogP contribution is -2.54. The zero-order valence-corrected chi connectivity index (χ0v) is 17.2. The van der Waals surface area contributed by atoms with E-state index in [9.17, 15) is 22.8 Å². The van der Waals surface area contributed by atoms with Gasteiger partial charge in [0.2, 0.25) is 5.91 Å². The fourth-order valence-corrected chi connectivity index (χ4v) is 3.78. The molecule has 0 spiro atoms. The number of carbonyl (C=O) groups excluding carboxylic acids is 2. The Labute approximate surface area is 181 Å². The van der Waals surface area contributed by atoms with Crippen molar-refractivity contribution in [2.45, 2.75) is 25.7 Å². The highest BCUT2D eigenvalue weighted by Crippen LogP contribution is 2.28. The number of fused-ring (bicyclic) bond motifs is 1. The van der Waals surface area contributed by atoms with Crippen molar-refractivity contribution >= 4 is 23.3 Å². The molecule has 32 heavy (non-hydrogen) atoms. The van der Waals surface area contributed by atoms with E-state index < -0.39 is 6.36 Å². The Morgan fingerprint density at radius 1 is 1.28 bits per heavy atom. The summed E-state index contributed by atoms with van der Waals surface area (Å²) in [6.45, 7) is 3.51. The van der Waals surface area contributed by atoms with Crippen molar-refractivity contribution in [2.75, 3.05) is 36.4 Å². The van der Waals surface area contributed by atoms with Crippen LogP contribution >= 0.6 is 0 Å². The Morgan fingerprint density at radius 3 is 2.72 bits per heavy atom. The summed E-state index contributed by atoms with van der Waals surface area (Å²) >= 11 is 0. The van der Waals surface area contributed by atoms with Gasteiger partial charge in [-0.3, -0.25) is 14.6 Å². The minimum Gasteiger partial charge on any atom is -0.424 e. The lowest BCUT2D eigenvalue weighted by atomic mass is 10.1. The Hall–Kier alpha value is -3.50. The van der Waals surface area contributed by atoms with Gasteiger partial charge < -0.3 is 24.6 Å². The van der Waals surface area contributed by atoms with Crippen LogP contribution in [-0.2, 0) is 16.0 Å². The van der Waals surface area contributed by atoms with Gasteiger partial charge in [0.25, 0.3) is 0 Å². The molecule has 0 saturated carbocycles. The molecule has 1 N–H and O–H groups in total. The predicted octanol–water partition coefficient (Wildman–Crippen LogP) is 2.59. The lowest BCUT2D eigenvalue weighted by Gasteiger charge is -2.41. The van der Waals surface area contributed by atoms with E-state index in [2.05, 4.69) is 15.0 Å². The third kappa shape index (κ3) is 5.04. The number of aromatic nitrogens is 1. The van der Waals surface area contributed by atoms with Crippen LogP contribution in [0.2, 0.25) is 0 Å². The Bertz CT molecular complexity index is 1010. The number of amides is 1. The van der Waals surface area contributed by atoms with E-state index >= 15 is 0 Å². The fraction of sp³-hybridized carbons (Fsp3) is 0.381. The number of benzene rings is 1. The Morgan fingerprint density at radius 2 is 2.03 bits per heavy atom. The van der Waals surface area contributed by atoms with Gasteiger partial charge >= 0.3 is 12.3 Å². The number of ether oxygens (including phenoxy) is 2. The Kier molecular flexibility index (Phi) is 5.81. The van der Waals surface area contributed by atoms with Crippen LogP contribution in [0, 0.1) is 0 Å². The number of anilines is 2. The highest BCUT2D eigenvalue weighted by Gasteiger charge is 2.31. The van der Waals surface area contributed by atoms with Gasteiger partial charge in [-0.15, -0.1) is 13.2 Å². The maximum absolute atomic E-state index is 12.6. The summed E-state index contributed by atoms with van der Waals surface area (Å²) in [5.41, 5.74) is 1.92. The number of alkyl halides is 3. The van der Waals surface area contributed by atoms with E-state index in [1.165, 1.54) is 12.1 Å². The number of carbonyl (C=O) groups is 2. The van der Waals surface area contributed by atoms with E-state index in [0.29, 0.717) is 36.8 Å². The molecule has 0 bridgehead atoms. The largest absolute Gasteiger partial charge is 0.573 e. The van der Waals surface area contributed by atoms with E-state index in [4.69, 9.17) is 4.74 Å². The fourth-order valence-electron chi connectivity index (χ4n) is 3.78. The standard InChI is InChI=1S/C21H21F3N4O4/c1-13-12-27(6-7-28(13)15-2-4-16(5-3-15)32-21(22,23)24)19(29)11-25-14-8-18-17(26-10-14)9-20(30)31-18/h2-5,8,10,13,25H,6-7,9,11-12H2,1H3/t13-/m1/s1. The van der Waals surface area contributed by atoms with Crippen LogP contribution < -0.4 is 19.7 Å². The molecule has 1 fully saturated rings. The molecule has 3 heterocycles. The zero-order valence-electron chi connectivity index (χ0n) is 17.2. The summed E-state index contributed by atoms with van der Waals surface area (Å²) in [5, 5.41) is 3.00. The second kappa shape index (κ2) is 8.56. The maximum Gasteiger partial charge on any atom is 0.573 e. The summed E-state index contributed by atoms with van der Waals surface area (Å²) in [6.07, 6.45) is -3.02. The van der Waals surface area contributed by atoms with Gasteiger partial charge in [0.05, 0.1) is 30.5 Å². The van der Waals surface area contributed by atoms with Gasteiger partial charge in [-0.1, -0.05) is 0 Å². The van der Waals surface area contributed by atoms with Gasteiger partial charge in [-0.25, -0.2) is 0 Å². The van der Waals surface area contributed by atoms with Crippen LogP contribution in [0.1, 0.15) is 12.6 Å². The first-order valence-corrected chi connectivity index (χ1v) is 10.0. The SMILES string of the molecule is C[C@@H]1CN(C(=O)CNc2cnc3c(c2)OC(=O)C3)CCN1c1ccc(OC(F)(F)F)cc1. The van der Waals surface area contributed by atoms with Crippen LogP contribution in [0.25, 0.3) is 0 Å². The molecular weight excluding hydrogens is 429 g/mol. The average molecular weight is 450 g/mol.